The summed E-state index contributed by atoms with van der Waals surface area (Å²) in [5, 5.41) is 6.77. The van der Waals surface area contributed by atoms with Gasteiger partial charge >= 0.3 is 0 Å². The monoisotopic (exact) mass is 309 g/mol. The van der Waals surface area contributed by atoms with E-state index < -0.39 is 0 Å². The number of unbranched alkanes of at least 4 members (excludes halogenated alkanes) is 1. The van der Waals surface area contributed by atoms with Crippen molar-refractivity contribution in [2.24, 2.45) is 0 Å². The molecule has 0 fully saturated rings. The number of carbonyl (C=O) groups excluding carboxylic acids is 1. The third kappa shape index (κ3) is 5.11. The summed E-state index contributed by atoms with van der Waals surface area (Å²) >= 11 is 0. The van der Waals surface area contributed by atoms with Crippen LogP contribution in [0.1, 0.15) is 35.8 Å². The molecule has 0 aliphatic rings. The molecular formula is C18H19N3O2. The molecule has 0 saturated carbocycles. The first-order valence-electron chi connectivity index (χ1n) is 7.61. The molecule has 1 aromatic heterocycles. The summed E-state index contributed by atoms with van der Waals surface area (Å²) in [6.07, 6.45) is 1.81. The van der Waals surface area contributed by atoms with Gasteiger partial charge in [-0.25, -0.2) is 4.68 Å². The molecule has 0 bridgehead atoms. The Morgan fingerprint density at radius 3 is 2.74 bits per heavy atom. The quantitative estimate of drug-likeness (QED) is 0.857. The van der Waals surface area contributed by atoms with Crippen LogP contribution in [-0.4, -0.2) is 22.2 Å². The molecule has 0 atom stereocenters. The molecule has 2 aromatic rings. The van der Waals surface area contributed by atoms with Gasteiger partial charge in [-0.3, -0.25) is 9.59 Å². The first-order chi connectivity index (χ1) is 11.2. The lowest BCUT2D eigenvalue weighted by molar-refractivity contribution is 0.0951. The molecule has 0 spiro atoms. The SMILES string of the molecule is CCCCn1nc(C(=O)NCC#Cc2ccccc2)ccc1=O. The third-order valence-corrected chi connectivity index (χ3v) is 3.17. The fraction of sp³-hybridized carbons (Fsp3) is 0.278. The first kappa shape index (κ1) is 16.5. The second-order valence-corrected chi connectivity index (χ2v) is 4.98. The molecule has 0 aliphatic heterocycles. The van der Waals surface area contributed by atoms with Crippen LogP contribution < -0.4 is 10.9 Å². The van der Waals surface area contributed by atoms with E-state index >= 15 is 0 Å². The summed E-state index contributed by atoms with van der Waals surface area (Å²) in [4.78, 5) is 23.7. The number of aromatic nitrogens is 2. The van der Waals surface area contributed by atoms with E-state index in [0.717, 1.165) is 18.4 Å². The van der Waals surface area contributed by atoms with Crippen molar-refractivity contribution in [2.45, 2.75) is 26.3 Å². The molecule has 1 heterocycles. The van der Waals surface area contributed by atoms with Crippen LogP contribution in [0.4, 0.5) is 0 Å². The van der Waals surface area contributed by atoms with Gasteiger partial charge in [0.05, 0.1) is 6.54 Å². The Balaban J connectivity index is 1.96. The summed E-state index contributed by atoms with van der Waals surface area (Å²) in [5.74, 6) is 5.51. The molecule has 0 aliphatic carbocycles. The number of benzene rings is 1. The summed E-state index contributed by atoms with van der Waals surface area (Å²) in [7, 11) is 0. The minimum atomic E-state index is -0.336. The Morgan fingerprint density at radius 1 is 1.22 bits per heavy atom. The standard InChI is InChI=1S/C18H19N3O2/c1-2-3-14-21-17(22)12-11-16(20-21)18(23)19-13-7-10-15-8-5-4-6-9-15/h4-6,8-9,11-12H,2-3,13-14H2,1H3,(H,19,23). The van der Waals surface area contributed by atoms with E-state index in [1.54, 1.807) is 0 Å². The fourth-order valence-corrected chi connectivity index (χ4v) is 1.92. The third-order valence-electron chi connectivity index (χ3n) is 3.17. The van der Waals surface area contributed by atoms with Crippen molar-refractivity contribution in [3.8, 4) is 11.8 Å². The molecule has 0 unspecified atom stereocenters. The summed E-state index contributed by atoms with van der Waals surface area (Å²) < 4.78 is 1.33. The Kier molecular flexibility index (Phi) is 6.13. The van der Waals surface area contributed by atoms with E-state index in [1.165, 1.54) is 16.8 Å². The van der Waals surface area contributed by atoms with Crippen molar-refractivity contribution < 1.29 is 4.79 Å². The van der Waals surface area contributed by atoms with Crippen LogP contribution in [0.2, 0.25) is 0 Å². The van der Waals surface area contributed by atoms with Crippen LogP contribution in [0.15, 0.2) is 47.3 Å². The highest BCUT2D eigenvalue weighted by atomic mass is 16.2. The molecule has 2 rings (SSSR count). The fourth-order valence-electron chi connectivity index (χ4n) is 1.92. The number of nitrogens with one attached hydrogen (secondary N) is 1. The Labute approximate surface area is 135 Å². The van der Waals surface area contributed by atoms with E-state index in [2.05, 4.69) is 22.3 Å². The minimum Gasteiger partial charge on any atom is -0.340 e. The zero-order valence-electron chi connectivity index (χ0n) is 13.1. The molecular weight excluding hydrogens is 290 g/mol. The largest absolute Gasteiger partial charge is 0.340 e. The molecule has 0 radical (unpaired) electrons. The maximum absolute atomic E-state index is 12.0. The number of rotatable bonds is 5. The topological polar surface area (TPSA) is 64.0 Å². The molecule has 1 amide bonds. The van der Waals surface area contributed by atoms with Crippen molar-refractivity contribution >= 4 is 5.91 Å². The lowest BCUT2D eigenvalue weighted by atomic mass is 10.2. The average Bonchev–Trinajstić information content (AvgIpc) is 2.58. The lowest BCUT2D eigenvalue weighted by Gasteiger charge is -2.05. The second kappa shape index (κ2) is 8.54. The van der Waals surface area contributed by atoms with E-state index in [9.17, 15) is 9.59 Å². The number of hydrogen-bond donors (Lipinski definition) is 1. The summed E-state index contributed by atoms with van der Waals surface area (Å²) in [6, 6.07) is 12.3. The van der Waals surface area contributed by atoms with E-state index in [-0.39, 0.29) is 23.7 Å². The average molecular weight is 309 g/mol. The van der Waals surface area contributed by atoms with Gasteiger partial charge in [-0.05, 0) is 24.6 Å². The van der Waals surface area contributed by atoms with E-state index in [0.29, 0.717) is 6.54 Å². The van der Waals surface area contributed by atoms with Crippen molar-refractivity contribution in [3.05, 3.63) is 64.1 Å². The lowest BCUT2D eigenvalue weighted by Crippen LogP contribution is -2.29. The van der Waals surface area contributed by atoms with Gasteiger partial charge in [0.15, 0.2) is 0 Å². The zero-order chi connectivity index (χ0) is 16.5. The molecule has 23 heavy (non-hydrogen) atoms. The van der Waals surface area contributed by atoms with Crippen molar-refractivity contribution in [1.29, 1.82) is 0 Å². The number of hydrogen-bond acceptors (Lipinski definition) is 3. The van der Waals surface area contributed by atoms with Gasteiger partial charge in [-0.15, -0.1) is 0 Å². The van der Waals surface area contributed by atoms with Gasteiger partial charge in [0, 0.05) is 18.2 Å². The predicted octanol–water partition coefficient (Wildman–Crippen LogP) is 1.82. The van der Waals surface area contributed by atoms with Crippen molar-refractivity contribution in [1.82, 2.24) is 15.1 Å². The Morgan fingerprint density at radius 2 is 2.00 bits per heavy atom. The highest BCUT2D eigenvalue weighted by Crippen LogP contribution is 1.95. The molecule has 0 saturated heterocycles. The van der Waals surface area contributed by atoms with Gasteiger partial charge < -0.3 is 5.32 Å². The highest BCUT2D eigenvalue weighted by Gasteiger charge is 2.08. The van der Waals surface area contributed by atoms with Crippen LogP contribution in [-0.2, 0) is 6.54 Å². The minimum absolute atomic E-state index is 0.195. The Hall–Kier alpha value is -2.87. The van der Waals surface area contributed by atoms with E-state index in [4.69, 9.17) is 0 Å². The number of aryl methyl sites for hydroxylation is 1. The van der Waals surface area contributed by atoms with Crippen LogP contribution in [0.3, 0.4) is 0 Å². The molecule has 1 aromatic carbocycles. The maximum atomic E-state index is 12.0. The number of nitrogens with zero attached hydrogens (tertiary/aromatic N) is 2. The van der Waals surface area contributed by atoms with Crippen molar-refractivity contribution in [3.63, 3.8) is 0 Å². The predicted molar refractivity (Wildman–Crippen MR) is 89.1 cm³/mol. The number of carbonyl (C=O) groups is 1. The van der Waals surface area contributed by atoms with Gasteiger partial charge in [0.1, 0.15) is 5.69 Å². The zero-order valence-corrected chi connectivity index (χ0v) is 13.1. The van der Waals surface area contributed by atoms with Gasteiger partial charge in [-0.2, -0.15) is 5.10 Å². The Bertz CT molecular complexity index is 770. The molecule has 5 nitrogen and oxygen atoms in total. The molecule has 1 N–H and O–H groups in total. The van der Waals surface area contributed by atoms with Gasteiger partial charge in [0.2, 0.25) is 0 Å². The normalized spacial score (nSPS) is 9.78. The van der Waals surface area contributed by atoms with Gasteiger partial charge in [-0.1, -0.05) is 43.4 Å². The molecule has 118 valence electrons. The van der Waals surface area contributed by atoms with E-state index in [1.807, 2.05) is 37.3 Å². The summed E-state index contributed by atoms with van der Waals surface area (Å²) in [6.45, 7) is 2.78. The van der Waals surface area contributed by atoms with Crippen LogP contribution in [0.5, 0.6) is 0 Å². The maximum Gasteiger partial charge on any atom is 0.272 e. The van der Waals surface area contributed by atoms with Gasteiger partial charge in [0.25, 0.3) is 11.5 Å². The van der Waals surface area contributed by atoms with Crippen LogP contribution in [0.25, 0.3) is 0 Å². The molecule has 5 heteroatoms. The number of amides is 1. The van der Waals surface area contributed by atoms with Crippen LogP contribution >= 0.6 is 0 Å². The van der Waals surface area contributed by atoms with Crippen molar-refractivity contribution in [2.75, 3.05) is 6.54 Å². The van der Waals surface area contributed by atoms with Crippen LogP contribution in [0, 0.1) is 11.8 Å². The smallest absolute Gasteiger partial charge is 0.272 e. The summed E-state index contributed by atoms with van der Waals surface area (Å²) in [5.41, 5.74) is 0.925. The highest BCUT2D eigenvalue weighted by molar-refractivity contribution is 5.92. The first-order valence-corrected chi connectivity index (χ1v) is 7.61. The second-order valence-electron chi connectivity index (χ2n) is 4.98.